The molecule has 0 spiro atoms. The largest absolute Gasteiger partial charge is 0.399 e. The highest BCUT2D eigenvalue weighted by molar-refractivity contribution is 7.99. The Kier molecular flexibility index (Phi) is 5.28. The summed E-state index contributed by atoms with van der Waals surface area (Å²) in [6.45, 7) is 3.40. The number of nitrogen functional groups attached to an aromatic ring is 1. The SMILES string of the molecule is Cc1c(NC(=O)c2cccc(N)c2)cccc1C(=O)N1CCSCC1. The first-order chi connectivity index (χ1) is 12.1. The van der Waals surface area contributed by atoms with Crippen LogP contribution in [0.25, 0.3) is 0 Å². The Labute approximate surface area is 151 Å². The second kappa shape index (κ2) is 7.61. The Bertz CT molecular complexity index is 801. The van der Waals surface area contributed by atoms with Crippen molar-refractivity contribution in [3.63, 3.8) is 0 Å². The van der Waals surface area contributed by atoms with Gasteiger partial charge in [-0.1, -0.05) is 12.1 Å². The van der Waals surface area contributed by atoms with Gasteiger partial charge in [-0.15, -0.1) is 0 Å². The van der Waals surface area contributed by atoms with E-state index in [-0.39, 0.29) is 11.8 Å². The number of rotatable bonds is 3. The number of anilines is 2. The maximum absolute atomic E-state index is 12.8. The zero-order valence-corrected chi connectivity index (χ0v) is 14.9. The molecule has 0 saturated carbocycles. The Morgan fingerprint density at radius 3 is 2.56 bits per heavy atom. The van der Waals surface area contributed by atoms with E-state index in [1.807, 2.05) is 35.7 Å². The predicted molar refractivity (Wildman–Crippen MR) is 103 cm³/mol. The number of benzene rings is 2. The van der Waals surface area contributed by atoms with Crippen molar-refractivity contribution in [2.45, 2.75) is 6.92 Å². The van der Waals surface area contributed by atoms with Gasteiger partial charge in [0, 0.05) is 47.1 Å². The van der Waals surface area contributed by atoms with Gasteiger partial charge in [0.15, 0.2) is 0 Å². The standard InChI is InChI=1S/C19H21N3O2S/c1-13-16(19(24)22-8-10-25-11-9-22)6-3-7-17(13)21-18(23)14-4-2-5-15(20)12-14/h2-7,12H,8-11,20H2,1H3,(H,21,23). The van der Waals surface area contributed by atoms with Gasteiger partial charge in [0.2, 0.25) is 0 Å². The van der Waals surface area contributed by atoms with Gasteiger partial charge in [0.1, 0.15) is 0 Å². The van der Waals surface area contributed by atoms with Crippen molar-refractivity contribution in [3.05, 3.63) is 59.2 Å². The average molecular weight is 355 g/mol. The first kappa shape index (κ1) is 17.4. The topological polar surface area (TPSA) is 75.4 Å². The lowest BCUT2D eigenvalue weighted by molar-refractivity contribution is 0.0771. The molecule has 0 aromatic heterocycles. The Balaban J connectivity index is 1.81. The summed E-state index contributed by atoms with van der Waals surface area (Å²) in [5.74, 6) is 1.72. The Morgan fingerprint density at radius 1 is 1.12 bits per heavy atom. The molecule has 3 rings (SSSR count). The molecule has 1 aliphatic heterocycles. The quantitative estimate of drug-likeness (QED) is 0.830. The third-order valence-corrected chi connectivity index (χ3v) is 5.20. The lowest BCUT2D eigenvalue weighted by Crippen LogP contribution is -2.38. The number of nitrogens with two attached hydrogens (primary N) is 1. The van der Waals surface area contributed by atoms with Crippen LogP contribution in [-0.2, 0) is 0 Å². The molecule has 2 aromatic rings. The normalized spacial score (nSPS) is 14.2. The van der Waals surface area contributed by atoms with Crippen LogP contribution in [-0.4, -0.2) is 41.3 Å². The first-order valence-corrected chi connectivity index (χ1v) is 9.35. The Hall–Kier alpha value is -2.47. The van der Waals surface area contributed by atoms with E-state index in [0.29, 0.717) is 22.5 Å². The molecule has 0 unspecified atom stereocenters. The van der Waals surface area contributed by atoms with E-state index in [2.05, 4.69) is 5.32 Å². The summed E-state index contributed by atoms with van der Waals surface area (Å²) in [5.41, 5.74) is 8.82. The number of carbonyl (C=O) groups excluding carboxylic acids is 2. The van der Waals surface area contributed by atoms with Crippen LogP contribution < -0.4 is 11.1 Å². The lowest BCUT2D eigenvalue weighted by atomic mass is 10.0. The smallest absolute Gasteiger partial charge is 0.255 e. The first-order valence-electron chi connectivity index (χ1n) is 8.20. The van der Waals surface area contributed by atoms with Gasteiger partial charge >= 0.3 is 0 Å². The van der Waals surface area contributed by atoms with Crippen LogP contribution in [0.5, 0.6) is 0 Å². The van der Waals surface area contributed by atoms with E-state index in [0.717, 1.165) is 30.2 Å². The minimum atomic E-state index is -0.241. The molecule has 6 heteroatoms. The molecule has 0 atom stereocenters. The van der Waals surface area contributed by atoms with Gasteiger partial charge < -0.3 is 16.0 Å². The molecule has 1 heterocycles. The van der Waals surface area contributed by atoms with Crippen LogP contribution in [0.1, 0.15) is 26.3 Å². The predicted octanol–water partition coefficient (Wildman–Crippen LogP) is 3.02. The van der Waals surface area contributed by atoms with Gasteiger partial charge in [-0.05, 0) is 42.8 Å². The summed E-state index contributed by atoms with van der Waals surface area (Å²) < 4.78 is 0. The number of carbonyl (C=O) groups is 2. The molecule has 1 aliphatic rings. The van der Waals surface area contributed by atoms with E-state index in [1.54, 1.807) is 30.3 Å². The van der Waals surface area contributed by atoms with E-state index in [4.69, 9.17) is 5.73 Å². The molecule has 0 bridgehead atoms. The van der Waals surface area contributed by atoms with Crippen LogP contribution >= 0.6 is 11.8 Å². The van der Waals surface area contributed by atoms with Crippen molar-refractivity contribution in [2.24, 2.45) is 0 Å². The van der Waals surface area contributed by atoms with Gasteiger partial charge in [-0.3, -0.25) is 9.59 Å². The third-order valence-electron chi connectivity index (χ3n) is 4.26. The summed E-state index contributed by atoms with van der Waals surface area (Å²) in [6.07, 6.45) is 0. The van der Waals surface area contributed by atoms with Crippen LogP contribution in [0.4, 0.5) is 11.4 Å². The lowest BCUT2D eigenvalue weighted by Gasteiger charge is -2.27. The number of nitrogens with one attached hydrogen (secondary N) is 1. The molecule has 1 saturated heterocycles. The number of hydrogen-bond acceptors (Lipinski definition) is 4. The van der Waals surface area contributed by atoms with Crippen molar-refractivity contribution in [3.8, 4) is 0 Å². The highest BCUT2D eigenvalue weighted by atomic mass is 32.2. The van der Waals surface area contributed by atoms with Crippen molar-refractivity contribution in [1.82, 2.24) is 4.90 Å². The maximum Gasteiger partial charge on any atom is 0.255 e. The summed E-state index contributed by atoms with van der Waals surface area (Å²) in [7, 11) is 0. The fourth-order valence-electron chi connectivity index (χ4n) is 2.81. The number of thioether (sulfide) groups is 1. The maximum atomic E-state index is 12.8. The molecule has 0 aliphatic carbocycles. The Morgan fingerprint density at radius 2 is 1.84 bits per heavy atom. The monoisotopic (exact) mass is 355 g/mol. The number of nitrogens with zero attached hydrogens (tertiary/aromatic N) is 1. The zero-order valence-electron chi connectivity index (χ0n) is 14.1. The molecular weight excluding hydrogens is 334 g/mol. The summed E-state index contributed by atoms with van der Waals surface area (Å²) in [6, 6.07) is 12.2. The average Bonchev–Trinajstić information content (AvgIpc) is 2.63. The van der Waals surface area contributed by atoms with Crippen LogP contribution in [0.3, 0.4) is 0 Å². The minimum absolute atomic E-state index is 0.0258. The second-order valence-electron chi connectivity index (χ2n) is 5.96. The number of hydrogen-bond donors (Lipinski definition) is 2. The third kappa shape index (κ3) is 3.96. The van der Waals surface area contributed by atoms with Crippen molar-refractivity contribution in [1.29, 1.82) is 0 Å². The highest BCUT2D eigenvalue weighted by Crippen LogP contribution is 2.22. The van der Waals surface area contributed by atoms with Gasteiger partial charge in [0.25, 0.3) is 11.8 Å². The molecule has 1 fully saturated rings. The van der Waals surface area contributed by atoms with Crippen molar-refractivity contribution in [2.75, 3.05) is 35.6 Å². The fourth-order valence-corrected chi connectivity index (χ4v) is 3.72. The van der Waals surface area contributed by atoms with Gasteiger partial charge in [-0.25, -0.2) is 0 Å². The zero-order chi connectivity index (χ0) is 17.8. The van der Waals surface area contributed by atoms with E-state index >= 15 is 0 Å². The van der Waals surface area contributed by atoms with Gasteiger partial charge in [-0.2, -0.15) is 11.8 Å². The van der Waals surface area contributed by atoms with Crippen molar-refractivity contribution < 1.29 is 9.59 Å². The number of amides is 2. The molecule has 25 heavy (non-hydrogen) atoms. The molecule has 3 N–H and O–H groups in total. The summed E-state index contributed by atoms with van der Waals surface area (Å²) in [4.78, 5) is 27.1. The van der Waals surface area contributed by atoms with Crippen molar-refractivity contribution >= 4 is 35.0 Å². The molecular formula is C19H21N3O2S. The molecule has 2 amide bonds. The molecule has 5 nitrogen and oxygen atoms in total. The minimum Gasteiger partial charge on any atom is -0.399 e. The van der Waals surface area contributed by atoms with Crippen LogP contribution in [0.2, 0.25) is 0 Å². The fraction of sp³-hybridized carbons (Fsp3) is 0.263. The highest BCUT2D eigenvalue weighted by Gasteiger charge is 2.21. The molecule has 0 radical (unpaired) electrons. The van der Waals surface area contributed by atoms with Crippen LogP contribution in [0.15, 0.2) is 42.5 Å². The second-order valence-corrected chi connectivity index (χ2v) is 7.19. The summed E-state index contributed by atoms with van der Waals surface area (Å²) in [5, 5.41) is 2.88. The molecule has 130 valence electrons. The van der Waals surface area contributed by atoms with Gasteiger partial charge in [0.05, 0.1) is 0 Å². The molecule has 2 aromatic carbocycles. The van der Waals surface area contributed by atoms with Crippen LogP contribution in [0, 0.1) is 6.92 Å². The van der Waals surface area contributed by atoms with E-state index in [9.17, 15) is 9.59 Å². The van der Waals surface area contributed by atoms with E-state index < -0.39 is 0 Å². The van der Waals surface area contributed by atoms with E-state index in [1.165, 1.54) is 0 Å². The summed E-state index contributed by atoms with van der Waals surface area (Å²) >= 11 is 1.86.